The molecule has 1 aromatic rings. The van der Waals surface area contributed by atoms with E-state index in [2.05, 4.69) is 21.2 Å². The number of anilines is 1. The number of halogens is 1. The van der Waals surface area contributed by atoms with Crippen LogP contribution in [0, 0.1) is 12.8 Å². The van der Waals surface area contributed by atoms with Gasteiger partial charge in [0.2, 0.25) is 0 Å². The zero-order chi connectivity index (χ0) is 13.8. The normalized spacial score (nSPS) is 19.3. The predicted octanol–water partition coefficient (Wildman–Crippen LogP) is 2.99. The van der Waals surface area contributed by atoms with E-state index < -0.39 is 0 Å². The lowest BCUT2D eigenvalue weighted by Crippen LogP contribution is -2.43. The smallest absolute Gasteiger partial charge is 0.321 e. The summed E-state index contributed by atoms with van der Waals surface area (Å²) in [6.07, 6.45) is 1.95. The molecule has 1 aromatic carbocycles. The van der Waals surface area contributed by atoms with Gasteiger partial charge in [-0.05, 0) is 59.3 Å². The van der Waals surface area contributed by atoms with E-state index in [-0.39, 0.29) is 18.6 Å². The van der Waals surface area contributed by atoms with Crippen molar-refractivity contribution in [3.05, 3.63) is 28.2 Å². The van der Waals surface area contributed by atoms with Gasteiger partial charge >= 0.3 is 6.03 Å². The molecular formula is C14H19BrN2O2. The standard InChI is InChI=1S/C14H19BrN2O2/c1-10-4-5-13(12(15)7-10)16-14(19)17-6-2-3-11(8-17)9-18/h4-5,7,11,18H,2-3,6,8-9H2,1H3,(H,16,19). The Labute approximate surface area is 121 Å². The second-order valence-electron chi connectivity index (χ2n) is 5.05. The topological polar surface area (TPSA) is 52.6 Å². The van der Waals surface area contributed by atoms with Gasteiger partial charge < -0.3 is 15.3 Å². The van der Waals surface area contributed by atoms with Gasteiger partial charge in [0, 0.05) is 24.2 Å². The number of nitrogens with zero attached hydrogens (tertiary/aromatic N) is 1. The second kappa shape index (κ2) is 6.39. The molecule has 1 aliphatic heterocycles. The van der Waals surface area contributed by atoms with Crippen LogP contribution in [-0.4, -0.2) is 35.7 Å². The zero-order valence-corrected chi connectivity index (χ0v) is 12.6. The van der Waals surface area contributed by atoms with Crippen LogP contribution < -0.4 is 5.32 Å². The number of piperidine rings is 1. The first-order valence-corrected chi connectivity index (χ1v) is 7.32. The quantitative estimate of drug-likeness (QED) is 0.877. The fourth-order valence-electron chi connectivity index (χ4n) is 2.31. The Balaban J connectivity index is 2.00. The van der Waals surface area contributed by atoms with Crippen molar-refractivity contribution in [1.82, 2.24) is 4.90 Å². The number of nitrogens with one attached hydrogen (secondary N) is 1. The van der Waals surface area contributed by atoms with Gasteiger partial charge in [-0.25, -0.2) is 4.79 Å². The molecule has 2 rings (SSSR count). The van der Waals surface area contributed by atoms with Gasteiger partial charge in [-0.3, -0.25) is 0 Å². The third kappa shape index (κ3) is 3.70. The average Bonchev–Trinajstić information content (AvgIpc) is 2.42. The van der Waals surface area contributed by atoms with Crippen molar-refractivity contribution in [2.75, 3.05) is 25.0 Å². The van der Waals surface area contributed by atoms with Crippen molar-refractivity contribution in [3.63, 3.8) is 0 Å². The average molecular weight is 327 g/mol. The Kier molecular flexibility index (Phi) is 4.82. The maximum Gasteiger partial charge on any atom is 0.321 e. The van der Waals surface area contributed by atoms with Gasteiger partial charge in [-0.1, -0.05) is 6.07 Å². The Hall–Kier alpha value is -1.07. The molecular weight excluding hydrogens is 308 g/mol. The van der Waals surface area contributed by atoms with E-state index in [1.807, 2.05) is 25.1 Å². The van der Waals surface area contributed by atoms with Gasteiger partial charge in [0.1, 0.15) is 0 Å². The minimum absolute atomic E-state index is 0.0947. The number of amides is 2. The van der Waals surface area contributed by atoms with E-state index in [9.17, 15) is 9.90 Å². The number of carbonyl (C=O) groups excluding carboxylic acids is 1. The van der Waals surface area contributed by atoms with Crippen LogP contribution in [0.3, 0.4) is 0 Å². The maximum absolute atomic E-state index is 12.2. The molecule has 2 N–H and O–H groups in total. The van der Waals surface area contributed by atoms with Gasteiger partial charge in [0.25, 0.3) is 0 Å². The molecule has 0 spiro atoms. The molecule has 19 heavy (non-hydrogen) atoms. The highest BCUT2D eigenvalue weighted by Crippen LogP contribution is 2.24. The summed E-state index contributed by atoms with van der Waals surface area (Å²) in [6, 6.07) is 5.74. The van der Waals surface area contributed by atoms with Crippen LogP contribution >= 0.6 is 15.9 Å². The molecule has 0 aromatic heterocycles. The zero-order valence-electron chi connectivity index (χ0n) is 11.0. The summed E-state index contributed by atoms with van der Waals surface area (Å²) in [7, 11) is 0. The summed E-state index contributed by atoms with van der Waals surface area (Å²) in [6.45, 7) is 3.54. The number of urea groups is 1. The Bertz CT molecular complexity index is 465. The molecule has 1 saturated heterocycles. The van der Waals surface area contributed by atoms with Gasteiger partial charge in [-0.15, -0.1) is 0 Å². The van der Waals surface area contributed by atoms with E-state index in [4.69, 9.17) is 0 Å². The van der Waals surface area contributed by atoms with Crippen LogP contribution in [0.25, 0.3) is 0 Å². The molecule has 2 amide bonds. The summed E-state index contributed by atoms with van der Waals surface area (Å²) < 4.78 is 0.886. The Morgan fingerprint density at radius 3 is 3.05 bits per heavy atom. The van der Waals surface area contributed by atoms with E-state index in [1.165, 1.54) is 0 Å². The van der Waals surface area contributed by atoms with Gasteiger partial charge in [0.05, 0.1) is 5.69 Å². The number of aryl methyl sites for hydroxylation is 1. The number of hydrogen-bond acceptors (Lipinski definition) is 2. The van der Waals surface area contributed by atoms with Crippen LogP contribution in [0.1, 0.15) is 18.4 Å². The van der Waals surface area contributed by atoms with Crippen LogP contribution in [0.2, 0.25) is 0 Å². The van der Waals surface area contributed by atoms with Crippen molar-refractivity contribution in [2.24, 2.45) is 5.92 Å². The lowest BCUT2D eigenvalue weighted by Gasteiger charge is -2.31. The maximum atomic E-state index is 12.2. The molecule has 0 aliphatic carbocycles. The summed E-state index contributed by atoms with van der Waals surface area (Å²) >= 11 is 3.45. The highest BCUT2D eigenvalue weighted by Gasteiger charge is 2.23. The van der Waals surface area contributed by atoms with Crippen molar-refractivity contribution >= 4 is 27.6 Å². The first kappa shape index (κ1) is 14.3. The fraction of sp³-hybridized carbons (Fsp3) is 0.500. The highest BCUT2D eigenvalue weighted by atomic mass is 79.9. The van der Waals surface area contributed by atoms with Crippen LogP contribution in [-0.2, 0) is 0 Å². The van der Waals surface area contributed by atoms with Crippen LogP contribution in [0.5, 0.6) is 0 Å². The minimum atomic E-state index is -0.0947. The third-order valence-electron chi connectivity index (χ3n) is 3.43. The lowest BCUT2D eigenvalue weighted by atomic mass is 9.99. The van der Waals surface area contributed by atoms with Crippen molar-refractivity contribution in [3.8, 4) is 0 Å². The molecule has 4 nitrogen and oxygen atoms in total. The van der Waals surface area contributed by atoms with E-state index in [1.54, 1.807) is 4.90 Å². The van der Waals surface area contributed by atoms with E-state index >= 15 is 0 Å². The van der Waals surface area contributed by atoms with Crippen LogP contribution in [0.15, 0.2) is 22.7 Å². The first-order valence-electron chi connectivity index (χ1n) is 6.53. The summed E-state index contributed by atoms with van der Waals surface area (Å²) in [4.78, 5) is 14.0. The fourth-order valence-corrected chi connectivity index (χ4v) is 2.91. The molecule has 0 bridgehead atoms. The first-order chi connectivity index (χ1) is 9.10. The van der Waals surface area contributed by atoms with Crippen molar-refractivity contribution in [1.29, 1.82) is 0 Å². The molecule has 1 unspecified atom stereocenters. The number of aliphatic hydroxyl groups excluding tert-OH is 1. The molecule has 104 valence electrons. The Morgan fingerprint density at radius 1 is 1.58 bits per heavy atom. The summed E-state index contributed by atoms with van der Waals surface area (Å²) in [5.41, 5.74) is 1.92. The number of aliphatic hydroxyl groups is 1. The van der Waals surface area contributed by atoms with E-state index in [0.717, 1.165) is 35.1 Å². The summed E-state index contributed by atoms with van der Waals surface area (Å²) in [5, 5.41) is 12.1. The molecule has 1 aliphatic rings. The monoisotopic (exact) mass is 326 g/mol. The minimum Gasteiger partial charge on any atom is -0.396 e. The number of likely N-dealkylation sites (tertiary alicyclic amines) is 1. The molecule has 0 radical (unpaired) electrons. The molecule has 1 atom stereocenters. The van der Waals surface area contributed by atoms with E-state index in [0.29, 0.717) is 6.54 Å². The number of benzene rings is 1. The highest BCUT2D eigenvalue weighted by molar-refractivity contribution is 9.10. The van der Waals surface area contributed by atoms with Crippen LogP contribution in [0.4, 0.5) is 10.5 Å². The van der Waals surface area contributed by atoms with Crippen molar-refractivity contribution in [2.45, 2.75) is 19.8 Å². The predicted molar refractivity (Wildman–Crippen MR) is 79.3 cm³/mol. The molecule has 0 saturated carbocycles. The molecule has 1 heterocycles. The third-order valence-corrected chi connectivity index (χ3v) is 4.09. The number of hydrogen-bond donors (Lipinski definition) is 2. The lowest BCUT2D eigenvalue weighted by molar-refractivity contribution is 0.136. The SMILES string of the molecule is Cc1ccc(NC(=O)N2CCCC(CO)C2)c(Br)c1. The Morgan fingerprint density at radius 2 is 2.37 bits per heavy atom. The number of rotatable bonds is 2. The van der Waals surface area contributed by atoms with Gasteiger partial charge in [0.15, 0.2) is 0 Å². The number of carbonyl (C=O) groups is 1. The summed E-state index contributed by atoms with van der Waals surface area (Å²) in [5.74, 6) is 0.209. The van der Waals surface area contributed by atoms with Crippen molar-refractivity contribution < 1.29 is 9.90 Å². The molecule has 1 fully saturated rings. The van der Waals surface area contributed by atoms with Gasteiger partial charge in [-0.2, -0.15) is 0 Å². The molecule has 5 heteroatoms. The second-order valence-corrected chi connectivity index (χ2v) is 5.90. The largest absolute Gasteiger partial charge is 0.396 e.